The van der Waals surface area contributed by atoms with Crippen LogP contribution in [0.15, 0.2) is 42.5 Å². The molecular formula is C20H28N3OS+. The van der Waals surface area contributed by atoms with E-state index in [9.17, 15) is 0 Å². The third kappa shape index (κ3) is 5.44. The lowest BCUT2D eigenvalue weighted by atomic mass is 10.1. The molecule has 0 aromatic heterocycles. The molecule has 0 radical (unpaired) electrons. The Balaban J connectivity index is 2.00. The smallest absolute Gasteiger partial charge is 0.171 e. The van der Waals surface area contributed by atoms with Crippen LogP contribution in [0.5, 0.6) is 5.75 Å². The second-order valence-corrected chi connectivity index (χ2v) is 6.96. The molecule has 0 saturated carbocycles. The highest BCUT2D eigenvalue weighted by molar-refractivity contribution is 7.80. The number of aryl methyl sites for hydroxylation is 2. The summed E-state index contributed by atoms with van der Waals surface area (Å²) in [6.45, 7) is 4.91. The van der Waals surface area contributed by atoms with Gasteiger partial charge in [0.25, 0.3) is 0 Å². The van der Waals surface area contributed by atoms with Gasteiger partial charge in [-0.2, -0.15) is 0 Å². The molecule has 25 heavy (non-hydrogen) atoms. The van der Waals surface area contributed by atoms with Gasteiger partial charge in [0.15, 0.2) is 5.11 Å². The normalized spacial score (nSPS) is 11.9. The number of thiocarbonyl (C=S) groups is 1. The van der Waals surface area contributed by atoms with Gasteiger partial charge in [0.05, 0.1) is 27.7 Å². The van der Waals surface area contributed by atoms with Crippen molar-refractivity contribution in [2.45, 2.75) is 19.9 Å². The number of nitrogens with one attached hydrogen (secondary N) is 3. The van der Waals surface area contributed by atoms with Crippen LogP contribution in [0.3, 0.4) is 0 Å². The molecule has 4 nitrogen and oxygen atoms in total. The predicted octanol–water partition coefficient (Wildman–Crippen LogP) is 2.48. The van der Waals surface area contributed by atoms with E-state index in [-0.39, 0.29) is 0 Å². The van der Waals surface area contributed by atoms with Crippen molar-refractivity contribution < 1.29 is 9.64 Å². The number of hydrogen-bond acceptors (Lipinski definition) is 2. The molecule has 2 rings (SSSR count). The van der Waals surface area contributed by atoms with Crippen LogP contribution in [0, 0.1) is 13.8 Å². The first-order valence-electron chi connectivity index (χ1n) is 8.47. The molecular weight excluding hydrogens is 330 g/mol. The molecule has 0 bridgehead atoms. The summed E-state index contributed by atoms with van der Waals surface area (Å²) in [7, 11) is 5.98. The second kappa shape index (κ2) is 8.83. The van der Waals surface area contributed by atoms with Gasteiger partial charge in [-0.05, 0) is 67.5 Å². The van der Waals surface area contributed by atoms with Crippen molar-refractivity contribution in [3.8, 4) is 5.75 Å². The predicted molar refractivity (Wildman–Crippen MR) is 109 cm³/mol. The maximum absolute atomic E-state index is 5.48. The van der Waals surface area contributed by atoms with Gasteiger partial charge in [-0.25, -0.2) is 0 Å². The average Bonchev–Trinajstić information content (AvgIpc) is 2.58. The monoisotopic (exact) mass is 358 g/mol. The van der Waals surface area contributed by atoms with Crippen LogP contribution >= 0.6 is 12.2 Å². The van der Waals surface area contributed by atoms with Crippen LogP contribution in [0.2, 0.25) is 0 Å². The van der Waals surface area contributed by atoms with E-state index < -0.39 is 0 Å². The van der Waals surface area contributed by atoms with E-state index in [4.69, 9.17) is 17.0 Å². The Bertz CT molecular complexity index is 713. The van der Waals surface area contributed by atoms with E-state index >= 15 is 0 Å². The van der Waals surface area contributed by atoms with Crippen molar-refractivity contribution in [2.24, 2.45) is 0 Å². The first-order valence-corrected chi connectivity index (χ1v) is 8.87. The molecule has 0 aliphatic heterocycles. The first-order chi connectivity index (χ1) is 11.9. The standard InChI is InChI=1S/C20H27N3OS/c1-14-6-7-15(2)18(12-14)22-20(25)21-13-19(23(3)4)16-8-10-17(24-5)11-9-16/h6-12,19H,13H2,1-5H3,(H2,21,22,25)/p+1/t19-/m1/s1. The molecule has 0 spiro atoms. The molecule has 0 heterocycles. The van der Waals surface area contributed by atoms with Crippen LogP contribution in [0.4, 0.5) is 5.69 Å². The fourth-order valence-corrected chi connectivity index (χ4v) is 2.92. The third-order valence-corrected chi connectivity index (χ3v) is 4.57. The Kier molecular flexibility index (Phi) is 6.79. The highest BCUT2D eigenvalue weighted by atomic mass is 32.1. The lowest BCUT2D eigenvalue weighted by molar-refractivity contribution is -0.890. The fourth-order valence-electron chi connectivity index (χ4n) is 2.72. The van der Waals surface area contributed by atoms with Gasteiger partial charge in [-0.15, -0.1) is 0 Å². The molecule has 0 amide bonds. The van der Waals surface area contributed by atoms with Crippen LogP contribution in [-0.4, -0.2) is 32.9 Å². The summed E-state index contributed by atoms with van der Waals surface area (Å²) in [5.74, 6) is 0.872. The van der Waals surface area contributed by atoms with Crippen LogP contribution in [0.25, 0.3) is 0 Å². The minimum atomic E-state index is 0.296. The van der Waals surface area contributed by atoms with E-state index in [1.807, 2.05) is 12.1 Å². The lowest BCUT2D eigenvalue weighted by Crippen LogP contribution is -3.07. The summed E-state index contributed by atoms with van der Waals surface area (Å²) in [4.78, 5) is 1.34. The molecule has 0 fully saturated rings. The van der Waals surface area contributed by atoms with Crippen LogP contribution < -0.4 is 20.3 Å². The maximum atomic E-state index is 5.48. The van der Waals surface area contributed by atoms with Crippen molar-refractivity contribution >= 4 is 23.0 Å². The minimum absolute atomic E-state index is 0.296. The molecule has 5 heteroatoms. The Labute approximate surface area is 156 Å². The number of likely N-dealkylation sites (N-methyl/N-ethyl adjacent to an activating group) is 1. The van der Waals surface area contributed by atoms with E-state index in [1.165, 1.54) is 21.6 Å². The SMILES string of the molecule is COc1ccc([C@@H](CNC(=S)Nc2cc(C)ccc2C)[NH+](C)C)cc1. The lowest BCUT2D eigenvalue weighted by Gasteiger charge is -2.23. The number of benzene rings is 2. The van der Waals surface area contributed by atoms with Crippen molar-refractivity contribution in [2.75, 3.05) is 33.1 Å². The van der Waals surface area contributed by atoms with Gasteiger partial charge in [-0.1, -0.05) is 12.1 Å². The molecule has 2 aromatic rings. The van der Waals surface area contributed by atoms with E-state index in [2.05, 4.69) is 68.9 Å². The Morgan fingerprint density at radius 3 is 2.40 bits per heavy atom. The number of hydrogen-bond donors (Lipinski definition) is 3. The van der Waals surface area contributed by atoms with Crippen molar-refractivity contribution in [1.82, 2.24) is 5.32 Å². The second-order valence-electron chi connectivity index (χ2n) is 6.56. The van der Waals surface area contributed by atoms with Crippen LogP contribution in [-0.2, 0) is 0 Å². The molecule has 0 saturated heterocycles. The highest BCUT2D eigenvalue weighted by Crippen LogP contribution is 2.17. The number of methoxy groups -OCH3 is 1. The zero-order valence-corrected chi connectivity index (χ0v) is 16.5. The molecule has 3 N–H and O–H groups in total. The summed E-state index contributed by atoms with van der Waals surface area (Å²) in [6, 6.07) is 14.8. The van der Waals surface area contributed by atoms with Gasteiger partial charge in [0.1, 0.15) is 11.8 Å². The minimum Gasteiger partial charge on any atom is -0.497 e. The van der Waals surface area contributed by atoms with Gasteiger partial charge in [-0.3, -0.25) is 0 Å². The van der Waals surface area contributed by atoms with Gasteiger partial charge in [0, 0.05) is 11.3 Å². The fraction of sp³-hybridized carbons (Fsp3) is 0.350. The Morgan fingerprint density at radius 2 is 1.80 bits per heavy atom. The van der Waals surface area contributed by atoms with Crippen LogP contribution in [0.1, 0.15) is 22.7 Å². The average molecular weight is 359 g/mol. The van der Waals surface area contributed by atoms with Gasteiger partial charge < -0.3 is 20.3 Å². The Morgan fingerprint density at radius 1 is 1.12 bits per heavy atom. The van der Waals surface area contributed by atoms with E-state index in [1.54, 1.807) is 7.11 Å². The molecule has 2 aromatic carbocycles. The molecule has 134 valence electrons. The van der Waals surface area contributed by atoms with E-state index in [0.717, 1.165) is 18.0 Å². The topological polar surface area (TPSA) is 37.7 Å². The van der Waals surface area contributed by atoms with Gasteiger partial charge >= 0.3 is 0 Å². The van der Waals surface area contributed by atoms with Gasteiger partial charge in [0.2, 0.25) is 0 Å². The molecule has 1 atom stereocenters. The summed E-state index contributed by atoms with van der Waals surface area (Å²) in [5.41, 5.74) is 4.70. The Hall–Kier alpha value is -2.11. The van der Waals surface area contributed by atoms with Crippen molar-refractivity contribution in [1.29, 1.82) is 0 Å². The summed E-state index contributed by atoms with van der Waals surface area (Å²) in [6.07, 6.45) is 0. The van der Waals surface area contributed by atoms with Crippen molar-refractivity contribution in [3.05, 3.63) is 59.2 Å². The quantitative estimate of drug-likeness (QED) is 0.694. The zero-order valence-electron chi connectivity index (χ0n) is 15.6. The highest BCUT2D eigenvalue weighted by Gasteiger charge is 2.18. The maximum Gasteiger partial charge on any atom is 0.171 e. The summed E-state index contributed by atoms with van der Waals surface area (Å²) < 4.78 is 5.24. The number of quaternary nitrogens is 1. The van der Waals surface area contributed by atoms with E-state index in [0.29, 0.717) is 11.2 Å². The first kappa shape index (κ1) is 19.2. The molecule has 0 aliphatic rings. The molecule has 0 unspecified atom stereocenters. The number of ether oxygens (including phenoxy) is 1. The summed E-state index contributed by atoms with van der Waals surface area (Å²) in [5, 5.41) is 7.31. The summed E-state index contributed by atoms with van der Waals surface area (Å²) >= 11 is 5.48. The van der Waals surface area contributed by atoms with Crippen molar-refractivity contribution in [3.63, 3.8) is 0 Å². The molecule has 0 aliphatic carbocycles. The third-order valence-electron chi connectivity index (χ3n) is 4.32. The number of anilines is 1. The zero-order chi connectivity index (χ0) is 18.4. The largest absolute Gasteiger partial charge is 0.497 e. The number of rotatable bonds is 6.